The third-order valence-electron chi connectivity index (χ3n) is 4.59. The van der Waals surface area contributed by atoms with Crippen LogP contribution in [0.4, 0.5) is 5.69 Å². The second kappa shape index (κ2) is 6.81. The van der Waals surface area contributed by atoms with Crippen LogP contribution < -0.4 is 4.74 Å². The van der Waals surface area contributed by atoms with Crippen molar-refractivity contribution in [1.29, 1.82) is 0 Å². The molecule has 3 aromatic carbocycles. The molecule has 0 unspecified atom stereocenters. The number of aromatic hydroxyl groups is 2. The van der Waals surface area contributed by atoms with Gasteiger partial charge in [-0.25, -0.2) is 4.79 Å². The number of nitrogens with zero attached hydrogens (tertiary/aromatic N) is 1. The second-order valence-electron chi connectivity index (χ2n) is 6.26. The molecule has 1 aliphatic heterocycles. The molecule has 138 valence electrons. The summed E-state index contributed by atoms with van der Waals surface area (Å²) in [5, 5.41) is 31.7. The Kier molecular flexibility index (Phi) is 4.31. The number of isothiocyanates is 1. The molecule has 0 fully saturated rings. The number of phenolic OH excluding ortho intramolecular Hbond substituents is 2. The Hall–Kier alpha value is -3.67. The summed E-state index contributed by atoms with van der Waals surface area (Å²) in [4.78, 5) is 15.8. The molecular formula is C21H13NO5S. The number of hydrogen-bond donors (Lipinski definition) is 3. The first-order valence-corrected chi connectivity index (χ1v) is 8.67. The molecule has 28 heavy (non-hydrogen) atoms. The van der Waals surface area contributed by atoms with Gasteiger partial charge < -0.3 is 20.1 Å². The number of phenols is 2. The number of aromatic carboxylic acids is 1. The van der Waals surface area contributed by atoms with E-state index < -0.39 is 11.9 Å². The van der Waals surface area contributed by atoms with Gasteiger partial charge in [-0.3, -0.25) is 0 Å². The Morgan fingerprint density at radius 3 is 2.04 bits per heavy atom. The van der Waals surface area contributed by atoms with Gasteiger partial charge in [-0.15, -0.1) is 0 Å². The molecule has 0 saturated heterocycles. The maximum atomic E-state index is 12.0. The number of carbonyl (C=O) groups is 1. The monoisotopic (exact) mass is 391 g/mol. The predicted molar refractivity (Wildman–Crippen MR) is 105 cm³/mol. The summed E-state index contributed by atoms with van der Waals surface area (Å²) in [5.41, 5.74) is 2.38. The van der Waals surface area contributed by atoms with E-state index in [0.29, 0.717) is 33.9 Å². The molecule has 3 aromatic rings. The van der Waals surface area contributed by atoms with Crippen LogP contribution in [0.2, 0.25) is 0 Å². The molecule has 0 spiro atoms. The summed E-state index contributed by atoms with van der Waals surface area (Å²) in [6, 6.07) is 14.1. The molecule has 6 nitrogen and oxygen atoms in total. The Balaban J connectivity index is 2.00. The molecule has 1 aliphatic rings. The first kappa shape index (κ1) is 17.7. The van der Waals surface area contributed by atoms with Crippen molar-refractivity contribution in [3.63, 3.8) is 0 Å². The summed E-state index contributed by atoms with van der Waals surface area (Å²) >= 11 is 4.60. The molecule has 0 radical (unpaired) electrons. The van der Waals surface area contributed by atoms with Gasteiger partial charge in [-0.1, -0.05) is 18.2 Å². The van der Waals surface area contributed by atoms with E-state index in [0.717, 1.165) is 0 Å². The minimum absolute atomic E-state index is 0.0187. The van der Waals surface area contributed by atoms with Crippen LogP contribution in [0.15, 0.2) is 59.6 Å². The fourth-order valence-electron chi connectivity index (χ4n) is 3.42. The zero-order chi connectivity index (χ0) is 19.8. The van der Waals surface area contributed by atoms with Crippen molar-refractivity contribution in [3.8, 4) is 23.0 Å². The van der Waals surface area contributed by atoms with Crippen molar-refractivity contribution in [2.75, 3.05) is 0 Å². The predicted octanol–water partition coefficient (Wildman–Crippen LogP) is 4.82. The van der Waals surface area contributed by atoms with Gasteiger partial charge >= 0.3 is 5.97 Å². The Morgan fingerprint density at radius 1 is 0.929 bits per heavy atom. The number of benzene rings is 3. The van der Waals surface area contributed by atoms with Crippen molar-refractivity contribution in [2.24, 2.45) is 4.99 Å². The lowest BCUT2D eigenvalue weighted by Gasteiger charge is -2.29. The second-order valence-corrected chi connectivity index (χ2v) is 6.44. The molecule has 7 heteroatoms. The quantitative estimate of drug-likeness (QED) is 0.342. The van der Waals surface area contributed by atoms with E-state index in [2.05, 4.69) is 22.4 Å². The van der Waals surface area contributed by atoms with E-state index in [1.165, 1.54) is 30.3 Å². The zero-order valence-corrected chi connectivity index (χ0v) is 15.1. The summed E-state index contributed by atoms with van der Waals surface area (Å²) in [6.07, 6.45) is 0. The van der Waals surface area contributed by atoms with Crippen LogP contribution in [0.1, 0.15) is 33.0 Å². The van der Waals surface area contributed by atoms with Gasteiger partial charge in [0.15, 0.2) is 0 Å². The number of ether oxygens (including phenoxy) is 1. The summed E-state index contributed by atoms with van der Waals surface area (Å²) < 4.78 is 5.84. The first-order valence-electron chi connectivity index (χ1n) is 8.26. The lowest BCUT2D eigenvalue weighted by atomic mass is 9.80. The van der Waals surface area contributed by atoms with Gasteiger partial charge in [0, 0.05) is 29.2 Å². The van der Waals surface area contributed by atoms with Crippen molar-refractivity contribution in [2.45, 2.75) is 5.92 Å². The third kappa shape index (κ3) is 2.99. The van der Waals surface area contributed by atoms with E-state index in [1.54, 1.807) is 24.3 Å². The average molecular weight is 391 g/mol. The van der Waals surface area contributed by atoms with E-state index in [4.69, 9.17) is 4.74 Å². The van der Waals surface area contributed by atoms with Crippen LogP contribution in [-0.2, 0) is 0 Å². The molecule has 0 amide bonds. The number of thiocarbonyl (C=S) groups is 1. The van der Waals surface area contributed by atoms with Gasteiger partial charge in [0.1, 0.15) is 23.0 Å². The summed E-state index contributed by atoms with van der Waals surface area (Å²) in [7, 11) is 0. The van der Waals surface area contributed by atoms with Crippen molar-refractivity contribution in [1.82, 2.24) is 0 Å². The highest BCUT2D eigenvalue weighted by molar-refractivity contribution is 7.78. The van der Waals surface area contributed by atoms with Gasteiger partial charge in [0.25, 0.3) is 0 Å². The van der Waals surface area contributed by atoms with Crippen LogP contribution in [0.3, 0.4) is 0 Å². The minimum atomic E-state index is -1.11. The summed E-state index contributed by atoms with van der Waals surface area (Å²) in [5.74, 6) is -0.767. The van der Waals surface area contributed by atoms with E-state index >= 15 is 0 Å². The molecule has 0 bridgehead atoms. The van der Waals surface area contributed by atoms with E-state index in [1.807, 2.05) is 0 Å². The van der Waals surface area contributed by atoms with E-state index in [9.17, 15) is 20.1 Å². The van der Waals surface area contributed by atoms with Crippen LogP contribution in [0.25, 0.3) is 0 Å². The number of carboxylic acids is 1. The molecule has 0 aliphatic carbocycles. The van der Waals surface area contributed by atoms with Crippen LogP contribution in [0.5, 0.6) is 23.0 Å². The van der Waals surface area contributed by atoms with E-state index in [-0.39, 0.29) is 17.1 Å². The Bertz CT molecular complexity index is 1120. The minimum Gasteiger partial charge on any atom is -0.508 e. The highest BCUT2D eigenvalue weighted by Crippen LogP contribution is 2.49. The molecule has 4 rings (SSSR count). The number of rotatable bonds is 3. The Labute approximate surface area is 165 Å². The molecule has 0 aromatic heterocycles. The fraction of sp³-hybridized carbons (Fsp3) is 0.0476. The molecule has 3 N–H and O–H groups in total. The number of fused-ring (bicyclic) bond motifs is 2. The standard InChI is InChI=1S/C21H13NO5S/c23-12-2-5-15-18(8-12)27-19-9-13(24)3-6-16(19)20(15)14-4-1-11(22-10-28)7-17(14)21(25)26/h1-9,20,23-24H,(H,25,26). The maximum absolute atomic E-state index is 12.0. The highest BCUT2D eigenvalue weighted by Gasteiger charge is 2.32. The fourth-order valence-corrected chi connectivity index (χ4v) is 3.53. The van der Waals surface area contributed by atoms with Crippen molar-refractivity contribution in [3.05, 3.63) is 76.9 Å². The average Bonchev–Trinajstić information content (AvgIpc) is 2.66. The van der Waals surface area contributed by atoms with Crippen LogP contribution in [0, 0.1) is 0 Å². The van der Waals surface area contributed by atoms with Gasteiger partial charge in [0.2, 0.25) is 0 Å². The zero-order valence-electron chi connectivity index (χ0n) is 14.3. The number of hydrogen-bond acceptors (Lipinski definition) is 6. The van der Waals surface area contributed by atoms with Crippen molar-refractivity contribution >= 4 is 29.0 Å². The molecule has 0 atom stereocenters. The lowest BCUT2D eigenvalue weighted by Crippen LogP contribution is -2.15. The highest BCUT2D eigenvalue weighted by atomic mass is 32.1. The number of aliphatic imine (C=N–C) groups is 1. The van der Waals surface area contributed by atoms with Crippen LogP contribution >= 0.6 is 12.2 Å². The largest absolute Gasteiger partial charge is 0.508 e. The third-order valence-corrected chi connectivity index (χ3v) is 4.68. The molecular weight excluding hydrogens is 378 g/mol. The lowest BCUT2D eigenvalue weighted by molar-refractivity contribution is 0.0695. The van der Waals surface area contributed by atoms with Gasteiger partial charge in [0.05, 0.1) is 16.4 Å². The van der Waals surface area contributed by atoms with Gasteiger partial charge in [-0.05, 0) is 42.0 Å². The molecule has 0 saturated carbocycles. The maximum Gasteiger partial charge on any atom is 0.336 e. The number of carboxylic acid groups (broad SMARTS) is 1. The summed E-state index contributed by atoms with van der Waals surface area (Å²) in [6.45, 7) is 0. The Morgan fingerprint density at radius 2 is 1.50 bits per heavy atom. The normalized spacial score (nSPS) is 12.3. The first-order chi connectivity index (χ1) is 13.5. The topological polar surface area (TPSA) is 99.4 Å². The smallest absolute Gasteiger partial charge is 0.336 e. The molecule has 1 heterocycles. The van der Waals surface area contributed by atoms with Gasteiger partial charge in [-0.2, -0.15) is 4.99 Å². The SMILES string of the molecule is O=C(O)c1cc(N=C=S)ccc1C1c2ccc(O)cc2Oc2cc(O)ccc21. The van der Waals surface area contributed by atoms with Crippen molar-refractivity contribution < 1.29 is 24.9 Å². The van der Waals surface area contributed by atoms with Crippen LogP contribution in [-0.4, -0.2) is 26.5 Å².